The molecule has 0 saturated carbocycles. The number of hydrogen-bond acceptors (Lipinski definition) is 3. The largest absolute Gasteiger partial charge is 0.382 e. The van der Waals surface area contributed by atoms with Crippen LogP contribution in [-0.4, -0.2) is 9.78 Å². The number of nitrogen functional groups attached to an aromatic ring is 1. The van der Waals surface area contributed by atoms with Gasteiger partial charge in [-0.1, -0.05) is 6.07 Å². The molecule has 0 atom stereocenters. The Labute approximate surface area is 89.5 Å². The third-order valence-electron chi connectivity index (χ3n) is 2.08. The van der Waals surface area contributed by atoms with Gasteiger partial charge in [-0.3, -0.25) is 0 Å². The average molecular weight is 220 g/mol. The highest BCUT2D eigenvalue weighted by Crippen LogP contribution is 2.21. The lowest BCUT2D eigenvalue weighted by atomic mass is 10.3. The Morgan fingerprint density at radius 3 is 2.44 bits per heavy atom. The predicted molar refractivity (Wildman–Crippen MR) is 52.6 cm³/mol. The summed E-state index contributed by atoms with van der Waals surface area (Å²) in [7, 11) is 0. The zero-order valence-corrected chi connectivity index (χ0v) is 7.98. The van der Waals surface area contributed by atoms with E-state index in [-0.39, 0.29) is 17.1 Å². The van der Waals surface area contributed by atoms with Crippen LogP contribution >= 0.6 is 0 Å². The minimum Gasteiger partial charge on any atom is -0.382 e. The highest BCUT2D eigenvalue weighted by atomic mass is 19.1. The number of rotatable bonds is 1. The zero-order valence-electron chi connectivity index (χ0n) is 7.98. The molecule has 1 heterocycles. The summed E-state index contributed by atoms with van der Waals surface area (Å²) in [6.07, 6.45) is 1.15. The van der Waals surface area contributed by atoms with Crippen LogP contribution in [0.15, 0.2) is 24.4 Å². The van der Waals surface area contributed by atoms with E-state index in [2.05, 4.69) is 5.10 Å². The molecule has 4 nitrogen and oxygen atoms in total. The van der Waals surface area contributed by atoms with E-state index in [1.54, 1.807) is 6.07 Å². The first-order chi connectivity index (χ1) is 7.65. The predicted octanol–water partition coefficient (Wildman–Crippen LogP) is 1.60. The fourth-order valence-electron chi connectivity index (χ4n) is 1.31. The van der Waals surface area contributed by atoms with Crippen molar-refractivity contribution in [2.75, 3.05) is 5.73 Å². The molecule has 0 spiro atoms. The molecule has 0 unspecified atom stereocenters. The number of anilines is 1. The van der Waals surface area contributed by atoms with Gasteiger partial charge in [0.15, 0.2) is 11.6 Å². The fraction of sp³-hybridized carbons (Fsp3) is 0. The standard InChI is InChI=1S/C10H6F2N4/c11-7-2-1-3-8(12)9(7)16-10(14)6(4-13)5-15-16/h1-3,5H,14H2. The lowest BCUT2D eigenvalue weighted by Gasteiger charge is -2.06. The maximum atomic E-state index is 13.4. The SMILES string of the molecule is N#Cc1cnn(-c2c(F)cccc2F)c1N. The van der Waals surface area contributed by atoms with Gasteiger partial charge < -0.3 is 5.73 Å². The first kappa shape index (κ1) is 10.1. The second-order valence-electron chi connectivity index (χ2n) is 3.04. The summed E-state index contributed by atoms with van der Waals surface area (Å²) >= 11 is 0. The summed E-state index contributed by atoms with van der Waals surface area (Å²) in [5.74, 6) is -1.68. The second-order valence-corrected chi connectivity index (χ2v) is 3.04. The van der Waals surface area contributed by atoms with Gasteiger partial charge in [-0.25, -0.2) is 13.5 Å². The van der Waals surface area contributed by atoms with Gasteiger partial charge in [0.25, 0.3) is 0 Å². The molecule has 16 heavy (non-hydrogen) atoms. The van der Waals surface area contributed by atoms with E-state index < -0.39 is 11.6 Å². The molecule has 0 radical (unpaired) electrons. The normalized spacial score (nSPS) is 10.1. The summed E-state index contributed by atoms with van der Waals surface area (Å²) in [6, 6.07) is 5.18. The van der Waals surface area contributed by atoms with Crippen LogP contribution in [0.2, 0.25) is 0 Å². The number of aromatic nitrogens is 2. The van der Waals surface area contributed by atoms with Crippen molar-refractivity contribution in [1.82, 2.24) is 9.78 Å². The first-order valence-corrected chi connectivity index (χ1v) is 4.33. The molecule has 2 N–H and O–H groups in total. The zero-order chi connectivity index (χ0) is 11.7. The molecule has 1 aromatic carbocycles. The average Bonchev–Trinajstić information content (AvgIpc) is 2.60. The molecule has 0 amide bonds. The van der Waals surface area contributed by atoms with E-state index in [4.69, 9.17) is 11.0 Å². The van der Waals surface area contributed by atoms with E-state index >= 15 is 0 Å². The van der Waals surface area contributed by atoms with Gasteiger partial charge in [-0.2, -0.15) is 10.4 Å². The van der Waals surface area contributed by atoms with Crippen LogP contribution in [-0.2, 0) is 0 Å². The van der Waals surface area contributed by atoms with E-state index in [1.165, 1.54) is 6.07 Å². The van der Waals surface area contributed by atoms with E-state index in [0.717, 1.165) is 23.0 Å². The monoisotopic (exact) mass is 220 g/mol. The fourth-order valence-corrected chi connectivity index (χ4v) is 1.31. The summed E-state index contributed by atoms with van der Waals surface area (Å²) in [6.45, 7) is 0. The maximum Gasteiger partial charge on any atom is 0.151 e. The summed E-state index contributed by atoms with van der Waals surface area (Å²) in [4.78, 5) is 0. The van der Waals surface area contributed by atoms with Crippen LogP contribution in [0.4, 0.5) is 14.6 Å². The quantitative estimate of drug-likeness (QED) is 0.793. The molecule has 2 rings (SSSR count). The smallest absolute Gasteiger partial charge is 0.151 e. The minimum atomic E-state index is -0.792. The Balaban J connectivity index is 2.69. The van der Waals surface area contributed by atoms with E-state index in [1.807, 2.05) is 0 Å². The summed E-state index contributed by atoms with van der Waals surface area (Å²) in [5, 5.41) is 12.3. The van der Waals surface area contributed by atoms with Crippen molar-refractivity contribution >= 4 is 5.82 Å². The van der Waals surface area contributed by atoms with Crippen LogP contribution in [0.25, 0.3) is 5.69 Å². The number of para-hydroxylation sites is 1. The van der Waals surface area contributed by atoms with Gasteiger partial charge in [0.05, 0.1) is 6.20 Å². The molecular formula is C10H6F2N4. The number of benzene rings is 1. The molecule has 0 bridgehead atoms. The molecular weight excluding hydrogens is 214 g/mol. The van der Waals surface area contributed by atoms with Crippen molar-refractivity contribution in [2.45, 2.75) is 0 Å². The Kier molecular flexibility index (Phi) is 2.29. The molecule has 0 fully saturated rings. The summed E-state index contributed by atoms with van der Waals surface area (Å²) < 4.78 is 27.6. The van der Waals surface area contributed by atoms with Crippen molar-refractivity contribution in [1.29, 1.82) is 5.26 Å². The van der Waals surface area contributed by atoms with Gasteiger partial charge in [0.1, 0.15) is 23.1 Å². The Hall–Kier alpha value is -2.42. The van der Waals surface area contributed by atoms with Crippen LogP contribution in [0, 0.1) is 23.0 Å². The maximum absolute atomic E-state index is 13.4. The van der Waals surface area contributed by atoms with Crippen LogP contribution in [0.1, 0.15) is 5.56 Å². The van der Waals surface area contributed by atoms with Crippen molar-refractivity contribution < 1.29 is 8.78 Å². The van der Waals surface area contributed by atoms with Crippen molar-refractivity contribution in [3.63, 3.8) is 0 Å². The molecule has 2 aromatic rings. The number of halogens is 2. The molecule has 0 aliphatic heterocycles. The van der Waals surface area contributed by atoms with Crippen LogP contribution in [0.5, 0.6) is 0 Å². The van der Waals surface area contributed by atoms with Crippen molar-refractivity contribution in [3.8, 4) is 11.8 Å². The van der Waals surface area contributed by atoms with Crippen LogP contribution in [0.3, 0.4) is 0 Å². The molecule has 0 aliphatic rings. The van der Waals surface area contributed by atoms with Gasteiger partial charge in [-0.05, 0) is 12.1 Å². The minimum absolute atomic E-state index is 0.0719. The molecule has 0 aliphatic carbocycles. The molecule has 0 saturated heterocycles. The number of hydrogen-bond donors (Lipinski definition) is 1. The van der Waals surface area contributed by atoms with Gasteiger partial charge in [0.2, 0.25) is 0 Å². The number of nitriles is 1. The lowest BCUT2D eigenvalue weighted by Crippen LogP contribution is -2.07. The Morgan fingerprint density at radius 2 is 1.94 bits per heavy atom. The number of nitrogens with zero attached hydrogens (tertiary/aromatic N) is 3. The first-order valence-electron chi connectivity index (χ1n) is 4.33. The molecule has 80 valence electrons. The van der Waals surface area contributed by atoms with Crippen LogP contribution < -0.4 is 5.73 Å². The second kappa shape index (κ2) is 3.62. The van der Waals surface area contributed by atoms with E-state index in [9.17, 15) is 8.78 Å². The van der Waals surface area contributed by atoms with Gasteiger partial charge in [-0.15, -0.1) is 0 Å². The third kappa shape index (κ3) is 1.39. The highest BCUT2D eigenvalue weighted by molar-refractivity contribution is 5.53. The van der Waals surface area contributed by atoms with Crippen molar-refractivity contribution in [2.24, 2.45) is 0 Å². The third-order valence-corrected chi connectivity index (χ3v) is 2.08. The lowest BCUT2D eigenvalue weighted by molar-refractivity contribution is 0.561. The van der Waals surface area contributed by atoms with Gasteiger partial charge >= 0.3 is 0 Å². The molecule has 1 aromatic heterocycles. The van der Waals surface area contributed by atoms with Crippen molar-refractivity contribution in [3.05, 3.63) is 41.6 Å². The van der Waals surface area contributed by atoms with Gasteiger partial charge in [0, 0.05) is 0 Å². The molecule has 6 heteroatoms. The Morgan fingerprint density at radius 1 is 1.31 bits per heavy atom. The highest BCUT2D eigenvalue weighted by Gasteiger charge is 2.16. The van der Waals surface area contributed by atoms with E-state index in [0.29, 0.717) is 0 Å². The Bertz CT molecular complexity index is 563. The number of nitrogens with two attached hydrogens (primary N) is 1. The topological polar surface area (TPSA) is 67.6 Å². The summed E-state index contributed by atoms with van der Waals surface area (Å²) in [5.41, 5.74) is 5.21.